The van der Waals surface area contributed by atoms with Gasteiger partial charge >= 0.3 is 0 Å². The molecule has 116 valence electrons. The minimum Gasteiger partial charge on any atom is -0.396 e. The molecule has 2 aromatic rings. The number of likely N-dealkylation sites (N-methyl/N-ethyl adjacent to an activating group) is 1. The number of aliphatic hydroxyl groups is 1. The maximum atomic E-state index is 11.7. The van der Waals surface area contributed by atoms with Crippen molar-refractivity contribution < 1.29 is 9.90 Å². The molecular formula is C18H22N2O2. The van der Waals surface area contributed by atoms with Crippen LogP contribution in [0.25, 0.3) is 0 Å². The molecule has 2 N–H and O–H groups in total. The number of rotatable bonds is 6. The zero-order chi connectivity index (χ0) is 15.9. The maximum Gasteiger partial charge on any atom is 0.226 e. The zero-order valence-corrected chi connectivity index (χ0v) is 13.0. The van der Waals surface area contributed by atoms with E-state index in [1.807, 2.05) is 48.5 Å². The van der Waals surface area contributed by atoms with Crippen LogP contribution in [0.3, 0.4) is 0 Å². The monoisotopic (exact) mass is 298 g/mol. The van der Waals surface area contributed by atoms with E-state index in [-0.39, 0.29) is 12.5 Å². The molecular weight excluding hydrogens is 276 g/mol. The van der Waals surface area contributed by atoms with Gasteiger partial charge < -0.3 is 15.3 Å². The molecule has 0 heterocycles. The van der Waals surface area contributed by atoms with Crippen LogP contribution in [0.2, 0.25) is 0 Å². The molecule has 0 aliphatic heterocycles. The molecule has 0 aliphatic carbocycles. The molecule has 0 aliphatic rings. The minimum absolute atomic E-state index is 0.0974. The Bertz CT molecular complexity index is 604. The Balaban J connectivity index is 1.97. The van der Waals surface area contributed by atoms with E-state index in [0.29, 0.717) is 12.8 Å². The lowest BCUT2D eigenvalue weighted by Crippen LogP contribution is -2.23. The molecule has 0 saturated carbocycles. The van der Waals surface area contributed by atoms with Crippen LogP contribution in [-0.2, 0) is 17.6 Å². The smallest absolute Gasteiger partial charge is 0.226 e. The molecule has 0 saturated heterocycles. The first-order valence-electron chi connectivity index (χ1n) is 7.34. The van der Waals surface area contributed by atoms with Gasteiger partial charge in [-0.2, -0.15) is 0 Å². The normalized spacial score (nSPS) is 10.3. The van der Waals surface area contributed by atoms with Gasteiger partial charge in [-0.1, -0.05) is 24.3 Å². The fourth-order valence-corrected chi connectivity index (χ4v) is 2.09. The van der Waals surface area contributed by atoms with Crippen molar-refractivity contribution in [3.8, 4) is 0 Å². The van der Waals surface area contributed by atoms with E-state index in [9.17, 15) is 4.79 Å². The lowest BCUT2D eigenvalue weighted by Gasteiger charge is -2.11. The highest BCUT2D eigenvalue weighted by Gasteiger charge is 2.05. The average molecular weight is 298 g/mol. The summed E-state index contributed by atoms with van der Waals surface area (Å²) >= 11 is 0. The summed E-state index contributed by atoms with van der Waals surface area (Å²) in [6.45, 7) is 0.167. The number of carbonyl (C=O) groups is 1. The molecule has 0 unspecified atom stereocenters. The molecule has 0 fully saturated rings. The van der Waals surface area contributed by atoms with Gasteiger partial charge in [-0.05, 0) is 41.8 Å². The molecule has 0 atom stereocenters. The summed E-state index contributed by atoms with van der Waals surface area (Å²) in [7, 11) is 3.53. The predicted octanol–water partition coefficient (Wildman–Crippen LogP) is 2.60. The van der Waals surface area contributed by atoms with E-state index in [1.54, 1.807) is 19.0 Å². The Kier molecular flexibility index (Phi) is 5.55. The van der Waals surface area contributed by atoms with Crippen molar-refractivity contribution in [3.63, 3.8) is 0 Å². The summed E-state index contributed by atoms with van der Waals surface area (Å²) in [5.41, 5.74) is 4.10. The molecule has 2 rings (SSSR count). The summed E-state index contributed by atoms with van der Waals surface area (Å²) in [5, 5.41) is 12.2. The predicted molar refractivity (Wildman–Crippen MR) is 89.4 cm³/mol. The number of amides is 1. The first kappa shape index (κ1) is 16.0. The highest BCUT2D eigenvalue weighted by Crippen LogP contribution is 2.18. The molecule has 1 amide bonds. The second kappa shape index (κ2) is 7.61. The van der Waals surface area contributed by atoms with E-state index in [4.69, 9.17) is 5.11 Å². The van der Waals surface area contributed by atoms with Crippen molar-refractivity contribution in [2.45, 2.75) is 12.8 Å². The van der Waals surface area contributed by atoms with Gasteiger partial charge in [0.05, 0.1) is 6.42 Å². The van der Waals surface area contributed by atoms with Gasteiger partial charge in [-0.3, -0.25) is 4.79 Å². The Morgan fingerprint density at radius 3 is 1.91 bits per heavy atom. The first-order chi connectivity index (χ1) is 10.6. The van der Waals surface area contributed by atoms with Crippen LogP contribution in [0.1, 0.15) is 11.1 Å². The second-order valence-electron chi connectivity index (χ2n) is 5.46. The summed E-state index contributed by atoms with van der Waals surface area (Å²) in [6, 6.07) is 15.9. The van der Waals surface area contributed by atoms with Crippen molar-refractivity contribution in [1.29, 1.82) is 0 Å². The number of nitrogens with one attached hydrogen (secondary N) is 1. The maximum absolute atomic E-state index is 11.7. The van der Waals surface area contributed by atoms with Crippen molar-refractivity contribution in [1.82, 2.24) is 4.90 Å². The molecule has 0 bridgehead atoms. The number of carbonyl (C=O) groups excluding carboxylic acids is 1. The first-order valence-corrected chi connectivity index (χ1v) is 7.34. The van der Waals surface area contributed by atoms with Crippen LogP contribution in [-0.4, -0.2) is 36.6 Å². The van der Waals surface area contributed by atoms with Crippen LogP contribution < -0.4 is 5.32 Å². The van der Waals surface area contributed by atoms with Crippen molar-refractivity contribution in [2.75, 3.05) is 26.0 Å². The number of hydrogen-bond acceptors (Lipinski definition) is 3. The standard InChI is InChI=1S/C18H22N2O2/c1-20(2)18(22)13-15-5-9-17(10-6-15)19-16-7-3-14(4-8-16)11-12-21/h3-10,19,21H,11-13H2,1-2H3. The lowest BCUT2D eigenvalue weighted by molar-refractivity contribution is -0.127. The Morgan fingerprint density at radius 2 is 1.45 bits per heavy atom. The Labute approximate surface area is 131 Å². The Hall–Kier alpha value is -2.33. The zero-order valence-electron chi connectivity index (χ0n) is 13.0. The SMILES string of the molecule is CN(C)C(=O)Cc1ccc(Nc2ccc(CCO)cc2)cc1. The van der Waals surface area contributed by atoms with Crippen LogP contribution >= 0.6 is 0 Å². The topological polar surface area (TPSA) is 52.6 Å². The number of anilines is 2. The highest BCUT2D eigenvalue weighted by atomic mass is 16.2. The average Bonchev–Trinajstić information content (AvgIpc) is 2.51. The third-order valence-corrected chi connectivity index (χ3v) is 3.45. The molecule has 2 aromatic carbocycles. The van der Waals surface area contributed by atoms with Crippen molar-refractivity contribution >= 4 is 17.3 Å². The van der Waals surface area contributed by atoms with Gasteiger partial charge in [0.15, 0.2) is 0 Å². The third kappa shape index (κ3) is 4.60. The van der Waals surface area contributed by atoms with Gasteiger partial charge in [-0.25, -0.2) is 0 Å². The van der Waals surface area contributed by atoms with E-state index in [2.05, 4.69) is 5.32 Å². The molecule has 4 nitrogen and oxygen atoms in total. The summed E-state index contributed by atoms with van der Waals surface area (Å²) in [4.78, 5) is 13.3. The van der Waals surface area contributed by atoms with E-state index in [1.165, 1.54) is 0 Å². The van der Waals surface area contributed by atoms with Gasteiger partial charge in [-0.15, -0.1) is 0 Å². The summed E-state index contributed by atoms with van der Waals surface area (Å²) < 4.78 is 0. The molecule has 0 radical (unpaired) electrons. The largest absolute Gasteiger partial charge is 0.396 e. The van der Waals surface area contributed by atoms with E-state index in [0.717, 1.165) is 22.5 Å². The highest BCUT2D eigenvalue weighted by molar-refractivity contribution is 5.78. The third-order valence-electron chi connectivity index (χ3n) is 3.45. The van der Waals surface area contributed by atoms with Gasteiger partial charge in [0.2, 0.25) is 5.91 Å². The molecule has 0 spiro atoms. The van der Waals surface area contributed by atoms with Crippen LogP contribution in [0.15, 0.2) is 48.5 Å². The van der Waals surface area contributed by atoms with Crippen molar-refractivity contribution in [3.05, 3.63) is 59.7 Å². The molecule has 4 heteroatoms. The van der Waals surface area contributed by atoms with Crippen LogP contribution in [0, 0.1) is 0 Å². The molecule has 0 aromatic heterocycles. The summed E-state index contributed by atoms with van der Waals surface area (Å²) in [5.74, 6) is 0.0974. The van der Waals surface area contributed by atoms with Crippen LogP contribution in [0.4, 0.5) is 11.4 Å². The summed E-state index contributed by atoms with van der Waals surface area (Å²) in [6.07, 6.45) is 1.10. The van der Waals surface area contributed by atoms with E-state index >= 15 is 0 Å². The fourth-order valence-electron chi connectivity index (χ4n) is 2.09. The van der Waals surface area contributed by atoms with Crippen LogP contribution in [0.5, 0.6) is 0 Å². The quantitative estimate of drug-likeness (QED) is 0.862. The number of aliphatic hydroxyl groups excluding tert-OH is 1. The van der Waals surface area contributed by atoms with Gasteiger partial charge in [0, 0.05) is 32.1 Å². The Morgan fingerprint density at radius 1 is 0.955 bits per heavy atom. The molecule has 22 heavy (non-hydrogen) atoms. The lowest BCUT2D eigenvalue weighted by atomic mass is 10.1. The second-order valence-corrected chi connectivity index (χ2v) is 5.46. The van der Waals surface area contributed by atoms with E-state index < -0.39 is 0 Å². The van der Waals surface area contributed by atoms with Gasteiger partial charge in [0.1, 0.15) is 0 Å². The number of benzene rings is 2. The van der Waals surface area contributed by atoms with Crippen molar-refractivity contribution in [2.24, 2.45) is 0 Å². The number of nitrogens with zero attached hydrogens (tertiary/aromatic N) is 1. The number of hydrogen-bond donors (Lipinski definition) is 2. The fraction of sp³-hybridized carbons (Fsp3) is 0.278. The van der Waals surface area contributed by atoms with Gasteiger partial charge in [0.25, 0.3) is 0 Å². The minimum atomic E-state index is 0.0974.